The molecule has 1 aliphatic rings. The smallest absolute Gasteiger partial charge is 0.314 e. The number of nitrogens with one attached hydrogen (secondary N) is 1. The lowest BCUT2D eigenvalue weighted by atomic mass is 9.68. The minimum Gasteiger partial charge on any atom is -0.481 e. The number of aromatic nitrogens is 1. The Morgan fingerprint density at radius 2 is 2.00 bits per heavy atom. The first kappa shape index (κ1) is 12.0. The Morgan fingerprint density at radius 3 is 2.53 bits per heavy atom. The fourth-order valence-electron chi connectivity index (χ4n) is 2.63. The minimum absolute atomic E-state index is 0.184. The molecule has 17 heavy (non-hydrogen) atoms. The van der Waals surface area contributed by atoms with Gasteiger partial charge in [0.25, 0.3) is 0 Å². The first-order valence-corrected chi connectivity index (χ1v) is 6.00. The summed E-state index contributed by atoms with van der Waals surface area (Å²) >= 11 is 0. The Morgan fingerprint density at radius 1 is 1.41 bits per heavy atom. The number of carbonyl (C=O) groups is 1. The van der Waals surface area contributed by atoms with Crippen molar-refractivity contribution >= 4 is 5.97 Å². The number of nitrogens with zero attached hydrogens (tertiary/aromatic N) is 1. The van der Waals surface area contributed by atoms with Gasteiger partial charge in [0.05, 0.1) is 5.41 Å². The molecule has 1 aromatic rings. The maximum absolute atomic E-state index is 11.7. The van der Waals surface area contributed by atoms with Crippen molar-refractivity contribution in [2.45, 2.75) is 25.2 Å². The van der Waals surface area contributed by atoms with Crippen LogP contribution in [0.25, 0.3) is 0 Å². The van der Waals surface area contributed by atoms with Gasteiger partial charge in [0.15, 0.2) is 0 Å². The molecule has 0 saturated carbocycles. The van der Waals surface area contributed by atoms with Gasteiger partial charge in [-0.3, -0.25) is 9.78 Å². The average molecular weight is 234 g/mol. The number of piperidine rings is 1. The Balaban J connectivity index is 2.35. The second-order valence-corrected chi connectivity index (χ2v) is 4.77. The van der Waals surface area contributed by atoms with Crippen LogP contribution in [0.2, 0.25) is 0 Å². The van der Waals surface area contributed by atoms with Crippen LogP contribution >= 0.6 is 0 Å². The van der Waals surface area contributed by atoms with Crippen LogP contribution in [0.3, 0.4) is 0 Å². The van der Waals surface area contributed by atoms with Crippen LogP contribution in [0.15, 0.2) is 24.5 Å². The molecule has 0 spiro atoms. The molecule has 4 nitrogen and oxygen atoms in total. The van der Waals surface area contributed by atoms with Gasteiger partial charge in [-0.1, -0.05) is 0 Å². The highest BCUT2D eigenvalue weighted by Crippen LogP contribution is 2.37. The van der Waals surface area contributed by atoms with Gasteiger partial charge in [-0.2, -0.15) is 0 Å². The zero-order valence-electron chi connectivity index (χ0n) is 10.0. The molecule has 2 N–H and O–H groups in total. The van der Waals surface area contributed by atoms with Crippen LogP contribution in [0.4, 0.5) is 0 Å². The molecule has 1 aliphatic heterocycles. The summed E-state index contributed by atoms with van der Waals surface area (Å²) < 4.78 is 0. The van der Waals surface area contributed by atoms with Crippen molar-refractivity contribution in [3.63, 3.8) is 0 Å². The molecule has 1 fully saturated rings. The van der Waals surface area contributed by atoms with Gasteiger partial charge in [-0.25, -0.2) is 0 Å². The van der Waals surface area contributed by atoms with E-state index in [4.69, 9.17) is 0 Å². The van der Waals surface area contributed by atoms with Crippen LogP contribution in [-0.4, -0.2) is 29.1 Å². The van der Waals surface area contributed by atoms with E-state index in [0.29, 0.717) is 0 Å². The lowest BCUT2D eigenvalue weighted by molar-refractivity contribution is -0.146. The maximum Gasteiger partial charge on any atom is 0.314 e. The molecule has 92 valence electrons. The zero-order valence-corrected chi connectivity index (χ0v) is 10.0. The highest BCUT2D eigenvalue weighted by Gasteiger charge is 2.43. The van der Waals surface area contributed by atoms with Crippen LogP contribution in [0, 0.1) is 5.92 Å². The molecular formula is C13H18N2O2. The molecule has 2 rings (SSSR count). The third-order valence-corrected chi connectivity index (χ3v) is 3.88. The molecule has 0 aliphatic carbocycles. The number of carboxylic acids is 1. The van der Waals surface area contributed by atoms with Gasteiger partial charge in [0.2, 0.25) is 0 Å². The monoisotopic (exact) mass is 234 g/mol. The molecule has 1 atom stereocenters. The molecule has 1 aromatic heterocycles. The topological polar surface area (TPSA) is 62.2 Å². The standard InChI is InChI=1S/C13H18N2O2/c1-13(12(16)17,10-2-6-14-7-3-10)11-4-8-15-9-5-11/h2-3,6-7,11,15H,4-5,8-9H2,1H3,(H,16,17). The molecule has 2 heterocycles. The number of pyridine rings is 1. The van der Waals surface area contributed by atoms with Gasteiger partial charge in [0.1, 0.15) is 0 Å². The van der Waals surface area contributed by atoms with E-state index in [2.05, 4.69) is 10.3 Å². The molecular weight excluding hydrogens is 216 g/mol. The Hall–Kier alpha value is -1.42. The quantitative estimate of drug-likeness (QED) is 0.830. The average Bonchev–Trinajstić information content (AvgIpc) is 2.39. The van der Waals surface area contributed by atoms with E-state index in [1.54, 1.807) is 12.4 Å². The summed E-state index contributed by atoms with van der Waals surface area (Å²) in [4.78, 5) is 15.6. The van der Waals surface area contributed by atoms with E-state index in [-0.39, 0.29) is 5.92 Å². The summed E-state index contributed by atoms with van der Waals surface area (Å²) in [5.41, 5.74) is 0.0531. The normalized spacial score (nSPS) is 20.8. The molecule has 1 unspecified atom stereocenters. The molecule has 0 radical (unpaired) electrons. The van der Waals surface area contributed by atoms with Crippen LogP contribution in [0.1, 0.15) is 25.3 Å². The largest absolute Gasteiger partial charge is 0.481 e. The minimum atomic E-state index is -0.801. The van der Waals surface area contributed by atoms with Gasteiger partial charge in [-0.15, -0.1) is 0 Å². The second kappa shape index (κ2) is 4.84. The van der Waals surface area contributed by atoms with E-state index in [9.17, 15) is 9.90 Å². The third kappa shape index (κ3) is 2.17. The summed E-state index contributed by atoms with van der Waals surface area (Å²) in [6.07, 6.45) is 5.14. The van der Waals surface area contributed by atoms with E-state index >= 15 is 0 Å². The Kier molecular flexibility index (Phi) is 3.43. The van der Waals surface area contributed by atoms with Gasteiger partial charge >= 0.3 is 5.97 Å². The van der Waals surface area contributed by atoms with Crippen molar-refractivity contribution in [2.24, 2.45) is 5.92 Å². The molecule has 0 aromatic carbocycles. The van der Waals surface area contributed by atoms with E-state index in [0.717, 1.165) is 31.5 Å². The second-order valence-electron chi connectivity index (χ2n) is 4.77. The van der Waals surface area contributed by atoms with Crippen LogP contribution < -0.4 is 5.32 Å². The predicted molar refractivity (Wildman–Crippen MR) is 64.8 cm³/mol. The molecule has 1 saturated heterocycles. The lowest BCUT2D eigenvalue weighted by Gasteiger charge is -2.37. The van der Waals surface area contributed by atoms with Gasteiger partial charge in [0, 0.05) is 12.4 Å². The maximum atomic E-state index is 11.7. The highest BCUT2D eigenvalue weighted by atomic mass is 16.4. The van der Waals surface area contributed by atoms with E-state index in [1.165, 1.54) is 0 Å². The Bertz CT molecular complexity index is 388. The summed E-state index contributed by atoms with van der Waals surface area (Å²) in [5, 5.41) is 12.9. The van der Waals surface area contributed by atoms with Crippen molar-refractivity contribution in [2.75, 3.05) is 13.1 Å². The van der Waals surface area contributed by atoms with E-state index < -0.39 is 11.4 Å². The number of rotatable bonds is 3. The van der Waals surface area contributed by atoms with E-state index in [1.807, 2.05) is 19.1 Å². The highest BCUT2D eigenvalue weighted by molar-refractivity contribution is 5.81. The van der Waals surface area contributed by atoms with Crippen molar-refractivity contribution in [3.8, 4) is 0 Å². The van der Waals surface area contributed by atoms with Crippen molar-refractivity contribution in [1.82, 2.24) is 10.3 Å². The summed E-state index contributed by atoms with van der Waals surface area (Å²) in [5.74, 6) is -0.556. The third-order valence-electron chi connectivity index (χ3n) is 3.88. The molecule has 4 heteroatoms. The summed E-state index contributed by atoms with van der Waals surface area (Å²) in [7, 11) is 0. The Labute approximate surface area is 101 Å². The molecule has 0 amide bonds. The first-order valence-electron chi connectivity index (χ1n) is 6.00. The van der Waals surface area contributed by atoms with Crippen molar-refractivity contribution in [1.29, 1.82) is 0 Å². The van der Waals surface area contributed by atoms with Gasteiger partial charge in [-0.05, 0) is 56.5 Å². The number of carboxylic acid groups (broad SMARTS) is 1. The fraction of sp³-hybridized carbons (Fsp3) is 0.538. The summed E-state index contributed by atoms with van der Waals surface area (Å²) in [6, 6.07) is 3.63. The van der Waals surface area contributed by atoms with Crippen LogP contribution in [-0.2, 0) is 10.2 Å². The SMILES string of the molecule is CC(C(=O)O)(c1ccncc1)C1CCNCC1. The van der Waals surface area contributed by atoms with Gasteiger partial charge < -0.3 is 10.4 Å². The number of aliphatic carboxylic acids is 1. The fourth-order valence-corrected chi connectivity index (χ4v) is 2.63. The molecule has 0 bridgehead atoms. The summed E-state index contributed by atoms with van der Waals surface area (Å²) in [6.45, 7) is 3.64. The van der Waals surface area contributed by atoms with Crippen LogP contribution in [0.5, 0.6) is 0 Å². The van der Waals surface area contributed by atoms with Crippen molar-refractivity contribution < 1.29 is 9.90 Å². The lowest BCUT2D eigenvalue weighted by Crippen LogP contribution is -2.45. The number of hydrogen-bond acceptors (Lipinski definition) is 3. The number of hydrogen-bond donors (Lipinski definition) is 2. The zero-order chi connectivity index (χ0) is 12.3. The first-order chi connectivity index (χ1) is 8.15. The predicted octanol–water partition coefficient (Wildman–Crippen LogP) is 1.42. The van der Waals surface area contributed by atoms with Crippen molar-refractivity contribution in [3.05, 3.63) is 30.1 Å².